The number of piperazine rings is 1. The Hall–Kier alpha value is -3.02. The lowest BCUT2D eigenvalue weighted by Crippen LogP contribution is -2.49. The van der Waals surface area contributed by atoms with Crippen molar-refractivity contribution < 1.29 is 14.3 Å². The quantitative estimate of drug-likeness (QED) is 0.882. The third-order valence-electron chi connectivity index (χ3n) is 4.79. The van der Waals surface area contributed by atoms with E-state index in [1.165, 1.54) is 5.69 Å². The monoisotopic (exact) mass is 367 g/mol. The first kappa shape index (κ1) is 18.8. The molecule has 2 aromatic carbocycles. The van der Waals surface area contributed by atoms with Gasteiger partial charge in [-0.15, -0.1) is 0 Å². The third kappa shape index (κ3) is 5.00. The molecular formula is C21H25N3O3. The van der Waals surface area contributed by atoms with Crippen molar-refractivity contribution in [2.75, 3.05) is 31.1 Å². The number of carbonyl (C=O) groups is 2. The molecule has 0 aliphatic carbocycles. The van der Waals surface area contributed by atoms with Gasteiger partial charge in [0, 0.05) is 31.9 Å². The van der Waals surface area contributed by atoms with Crippen LogP contribution in [-0.2, 0) is 9.53 Å². The van der Waals surface area contributed by atoms with E-state index in [0.29, 0.717) is 13.1 Å². The number of hydrogen-bond acceptors (Lipinski definition) is 4. The van der Waals surface area contributed by atoms with Gasteiger partial charge < -0.3 is 20.3 Å². The molecule has 1 saturated heterocycles. The molecule has 0 bridgehead atoms. The van der Waals surface area contributed by atoms with Gasteiger partial charge in [-0.3, -0.25) is 4.79 Å². The molecule has 27 heavy (non-hydrogen) atoms. The van der Waals surface area contributed by atoms with Crippen molar-refractivity contribution in [2.45, 2.75) is 19.4 Å². The van der Waals surface area contributed by atoms with Crippen LogP contribution in [0.25, 0.3) is 0 Å². The zero-order valence-electron chi connectivity index (χ0n) is 15.5. The Balaban J connectivity index is 1.62. The molecule has 1 aliphatic heterocycles. The number of aryl methyl sites for hydroxylation is 1. The first-order chi connectivity index (χ1) is 13.0. The summed E-state index contributed by atoms with van der Waals surface area (Å²) in [6.07, 6.45) is -1.44. The summed E-state index contributed by atoms with van der Waals surface area (Å²) in [7, 11) is 0. The fourth-order valence-electron chi connectivity index (χ4n) is 3.38. The van der Waals surface area contributed by atoms with Gasteiger partial charge in [0.2, 0.25) is 5.91 Å². The second-order valence-corrected chi connectivity index (χ2v) is 6.75. The summed E-state index contributed by atoms with van der Waals surface area (Å²) in [5.41, 5.74) is 8.20. The van der Waals surface area contributed by atoms with Crippen molar-refractivity contribution in [1.82, 2.24) is 4.90 Å². The molecule has 6 heteroatoms. The highest BCUT2D eigenvalue weighted by Gasteiger charge is 2.26. The Labute approximate surface area is 159 Å². The maximum absolute atomic E-state index is 12.8. The van der Waals surface area contributed by atoms with E-state index < -0.39 is 12.2 Å². The maximum Gasteiger partial charge on any atom is 0.405 e. The first-order valence-corrected chi connectivity index (χ1v) is 9.13. The van der Waals surface area contributed by atoms with E-state index in [1.807, 2.05) is 54.3 Å². The second kappa shape index (κ2) is 8.58. The van der Waals surface area contributed by atoms with Crippen LogP contribution in [0, 0.1) is 6.92 Å². The maximum atomic E-state index is 12.8. The lowest BCUT2D eigenvalue weighted by atomic mass is 10.0. The van der Waals surface area contributed by atoms with Crippen molar-refractivity contribution in [3.63, 3.8) is 0 Å². The Morgan fingerprint density at radius 2 is 1.74 bits per heavy atom. The van der Waals surface area contributed by atoms with Gasteiger partial charge in [-0.1, -0.05) is 48.0 Å². The van der Waals surface area contributed by atoms with Crippen molar-refractivity contribution in [3.8, 4) is 0 Å². The molecule has 0 radical (unpaired) electrons. The smallest absolute Gasteiger partial charge is 0.405 e. The number of carbonyl (C=O) groups excluding carboxylic acids is 2. The molecule has 0 spiro atoms. The standard InChI is InChI=1S/C21H25N3O3/c1-16-6-5-7-17(14-16)19(27-21(22)26)15-20(25)24-12-10-23(11-13-24)18-8-3-2-4-9-18/h2-9,14,19H,10-13,15H2,1H3,(H2,22,26). The van der Waals surface area contributed by atoms with Crippen LogP contribution in [0.15, 0.2) is 54.6 Å². The molecule has 2 N–H and O–H groups in total. The van der Waals surface area contributed by atoms with Crippen LogP contribution in [0.1, 0.15) is 23.7 Å². The van der Waals surface area contributed by atoms with Crippen LogP contribution < -0.4 is 10.6 Å². The number of benzene rings is 2. The minimum absolute atomic E-state index is 0.0320. The van der Waals surface area contributed by atoms with Gasteiger partial charge in [0.05, 0.1) is 6.42 Å². The molecule has 6 nitrogen and oxygen atoms in total. The van der Waals surface area contributed by atoms with E-state index >= 15 is 0 Å². The molecule has 2 aromatic rings. The van der Waals surface area contributed by atoms with E-state index in [4.69, 9.17) is 10.5 Å². The van der Waals surface area contributed by atoms with Crippen LogP contribution in [0.2, 0.25) is 0 Å². The number of primary amides is 1. The van der Waals surface area contributed by atoms with Gasteiger partial charge >= 0.3 is 6.09 Å². The normalized spacial score (nSPS) is 15.3. The number of nitrogens with zero attached hydrogens (tertiary/aromatic N) is 2. The topological polar surface area (TPSA) is 75.9 Å². The Morgan fingerprint density at radius 1 is 1.04 bits per heavy atom. The molecule has 1 heterocycles. The number of amides is 2. The van der Waals surface area contributed by atoms with Crippen LogP contribution >= 0.6 is 0 Å². The molecule has 3 rings (SSSR count). The first-order valence-electron chi connectivity index (χ1n) is 9.13. The summed E-state index contributed by atoms with van der Waals surface area (Å²) in [5.74, 6) is -0.0320. The lowest BCUT2D eigenvalue weighted by molar-refractivity contribution is -0.133. The zero-order valence-corrected chi connectivity index (χ0v) is 15.5. The average Bonchev–Trinajstić information content (AvgIpc) is 2.68. The van der Waals surface area contributed by atoms with E-state index in [9.17, 15) is 9.59 Å². The predicted octanol–water partition coefficient (Wildman–Crippen LogP) is 2.87. The number of nitrogens with two attached hydrogens (primary N) is 1. The molecule has 142 valence electrons. The summed E-state index contributed by atoms with van der Waals surface area (Å²) < 4.78 is 5.22. The highest BCUT2D eigenvalue weighted by atomic mass is 16.6. The highest BCUT2D eigenvalue weighted by Crippen LogP contribution is 2.24. The predicted molar refractivity (Wildman–Crippen MR) is 104 cm³/mol. The number of anilines is 1. The summed E-state index contributed by atoms with van der Waals surface area (Å²) in [4.78, 5) is 28.2. The van der Waals surface area contributed by atoms with Gasteiger partial charge in [0.25, 0.3) is 0 Å². The largest absolute Gasteiger partial charge is 0.441 e. The molecule has 0 saturated carbocycles. The van der Waals surface area contributed by atoms with Gasteiger partial charge in [-0.25, -0.2) is 4.79 Å². The number of para-hydroxylation sites is 1. The van der Waals surface area contributed by atoms with Crippen molar-refractivity contribution in [2.24, 2.45) is 5.73 Å². The fraction of sp³-hybridized carbons (Fsp3) is 0.333. The van der Waals surface area contributed by atoms with Gasteiger partial charge in [-0.05, 0) is 24.6 Å². The average molecular weight is 367 g/mol. The van der Waals surface area contributed by atoms with Crippen molar-refractivity contribution >= 4 is 17.7 Å². The Morgan fingerprint density at radius 3 is 2.37 bits per heavy atom. The molecule has 1 atom stereocenters. The third-order valence-corrected chi connectivity index (χ3v) is 4.79. The summed E-state index contributed by atoms with van der Waals surface area (Å²) >= 11 is 0. The minimum Gasteiger partial charge on any atom is -0.441 e. The summed E-state index contributed by atoms with van der Waals surface area (Å²) in [6.45, 7) is 4.80. The molecule has 1 fully saturated rings. The molecular weight excluding hydrogens is 342 g/mol. The van der Waals surface area contributed by atoms with E-state index in [1.54, 1.807) is 0 Å². The SMILES string of the molecule is Cc1cccc(C(CC(=O)N2CCN(c3ccccc3)CC2)OC(N)=O)c1. The number of ether oxygens (including phenoxy) is 1. The van der Waals surface area contributed by atoms with Crippen LogP contribution in [-0.4, -0.2) is 43.1 Å². The lowest BCUT2D eigenvalue weighted by Gasteiger charge is -2.36. The van der Waals surface area contributed by atoms with Gasteiger partial charge in [-0.2, -0.15) is 0 Å². The van der Waals surface area contributed by atoms with E-state index in [0.717, 1.165) is 24.2 Å². The summed E-state index contributed by atoms with van der Waals surface area (Å²) in [5, 5.41) is 0. The number of hydrogen-bond donors (Lipinski definition) is 1. The summed E-state index contributed by atoms with van der Waals surface area (Å²) in [6, 6.07) is 17.8. The Bertz CT molecular complexity index is 786. The van der Waals surface area contributed by atoms with E-state index in [-0.39, 0.29) is 12.3 Å². The van der Waals surface area contributed by atoms with Crippen molar-refractivity contribution in [3.05, 3.63) is 65.7 Å². The molecule has 0 aromatic heterocycles. The minimum atomic E-state index is -0.872. The molecule has 2 amide bonds. The van der Waals surface area contributed by atoms with Crippen molar-refractivity contribution in [1.29, 1.82) is 0 Å². The number of rotatable bonds is 5. The van der Waals surface area contributed by atoms with Crippen LogP contribution in [0.5, 0.6) is 0 Å². The molecule has 1 aliphatic rings. The van der Waals surface area contributed by atoms with Gasteiger partial charge in [0.1, 0.15) is 6.10 Å². The molecule has 1 unspecified atom stereocenters. The van der Waals surface area contributed by atoms with Crippen LogP contribution in [0.4, 0.5) is 10.5 Å². The van der Waals surface area contributed by atoms with E-state index in [2.05, 4.69) is 17.0 Å². The second-order valence-electron chi connectivity index (χ2n) is 6.75. The van der Waals surface area contributed by atoms with Crippen LogP contribution in [0.3, 0.4) is 0 Å². The highest BCUT2D eigenvalue weighted by molar-refractivity contribution is 5.78. The fourth-order valence-corrected chi connectivity index (χ4v) is 3.38. The Kier molecular flexibility index (Phi) is 5.96. The zero-order chi connectivity index (χ0) is 19.2. The van der Waals surface area contributed by atoms with Gasteiger partial charge in [0.15, 0.2) is 0 Å².